The van der Waals surface area contributed by atoms with Crippen molar-refractivity contribution in [1.82, 2.24) is 4.90 Å². The third-order valence-electron chi connectivity index (χ3n) is 4.32. The second-order valence-electron chi connectivity index (χ2n) is 6.25. The highest BCUT2D eigenvalue weighted by Gasteiger charge is 2.23. The van der Waals surface area contributed by atoms with Gasteiger partial charge >= 0.3 is 10.1 Å². The predicted molar refractivity (Wildman–Crippen MR) is 103 cm³/mol. The van der Waals surface area contributed by atoms with Gasteiger partial charge in [-0.2, -0.15) is 8.42 Å². The monoisotopic (exact) mass is 393 g/mol. The lowest BCUT2D eigenvalue weighted by Gasteiger charge is -2.29. The minimum Gasteiger partial charge on any atom is -0.382 e. The SMILES string of the molecule is CC[C@@H](C)N(Cc1cccc(OS(=O)(=O)CC)c1)C(=O)c1ccccc1F. The molecule has 0 radical (unpaired) electrons. The van der Waals surface area contributed by atoms with E-state index < -0.39 is 21.8 Å². The fraction of sp³-hybridized carbons (Fsp3) is 0.350. The summed E-state index contributed by atoms with van der Waals surface area (Å²) >= 11 is 0. The molecule has 0 N–H and O–H groups in total. The van der Waals surface area contributed by atoms with E-state index in [-0.39, 0.29) is 29.7 Å². The van der Waals surface area contributed by atoms with E-state index in [1.807, 2.05) is 13.8 Å². The van der Waals surface area contributed by atoms with Crippen molar-refractivity contribution in [2.75, 3.05) is 5.75 Å². The van der Waals surface area contributed by atoms with Gasteiger partial charge in [-0.05, 0) is 50.1 Å². The summed E-state index contributed by atoms with van der Waals surface area (Å²) in [7, 11) is -3.63. The van der Waals surface area contributed by atoms with Gasteiger partial charge in [-0.25, -0.2) is 4.39 Å². The smallest absolute Gasteiger partial charge is 0.308 e. The second-order valence-corrected chi connectivity index (χ2v) is 8.11. The van der Waals surface area contributed by atoms with Gasteiger partial charge in [-0.3, -0.25) is 4.79 Å². The molecule has 5 nitrogen and oxygen atoms in total. The van der Waals surface area contributed by atoms with Crippen molar-refractivity contribution in [2.45, 2.75) is 39.8 Å². The molecule has 2 aromatic rings. The van der Waals surface area contributed by atoms with Crippen molar-refractivity contribution >= 4 is 16.0 Å². The van der Waals surface area contributed by atoms with Crippen LogP contribution in [0.4, 0.5) is 4.39 Å². The Morgan fingerprint density at radius 3 is 2.48 bits per heavy atom. The number of rotatable bonds is 8. The Morgan fingerprint density at radius 1 is 1.15 bits per heavy atom. The lowest BCUT2D eigenvalue weighted by atomic mass is 10.1. The Hall–Kier alpha value is -2.41. The van der Waals surface area contributed by atoms with Crippen LogP contribution in [0.1, 0.15) is 43.1 Å². The molecule has 0 fully saturated rings. The number of halogens is 1. The zero-order valence-electron chi connectivity index (χ0n) is 15.7. The standard InChI is InChI=1S/C20H24FNO4S/c1-4-15(3)22(20(23)18-11-6-7-12-19(18)21)14-16-9-8-10-17(13-16)26-27(24,25)5-2/h6-13,15H,4-5,14H2,1-3H3/t15-/m1/s1. The zero-order chi connectivity index (χ0) is 20.0. The molecule has 146 valence electrons. The van der Waals surface area contributed by atoms with Gasteiger partial charge in [0, 0.05) is 12.6 Å². The molecule has 0 unspecified atom stereocenters. The maximum atomic E-state index is 14.1. The highest BCUT2D eigenvalue weighted by Crippen LogP contribution is 2.21. The molecular formula is C20H24FNO4S. The van der Waals surface area contributed by atoms with Crippen LogP contribution in [-0.2, 0) is 16.7 Å². The van der Waals surface area contributed by atoms with Crippen LogP contribution >= 0.6 is 0 Å². The molecule has 1 atom stereocenters. The van der Waals surface area contributed by atoms with E-state index in [1.54, 1.807) is 35.2 Å². The number of carbonyl (C=O) groups is 1. The molecule has 0 aliphatic rings. The molecule has 0 bridgehead atoms. The third kappa shape index (κ3) is 5.53. The lowest BCUT2D eigenvalue weighted by Crippen LogP contribution is -2.38. The summed E-state index contributed by atoms with van der Waals surface area (Å²) in [4.78, 5) is 14.5. The van der Waals surface area contributed by atoms with E-state index in [0.29, 0.717) is 12.0 Å². The Balaban J connectivity index is 2.29. The Morgan fingerprint density at radius 2 is 1.85 bits per heavy atom. The molecule has 0 aliphatic carbocycles. The van der Waals surface area contributed by atoms with Crippen molar-refractivity contribution in [1.29, 1.82) is 0 Å². The normalized spacial score (nSPS) is 12.4. The fourth-order valence-corrected chi connectivity index (χ4v) is 3.05. The van der Waals surface area contributed by atoms with Gasteiger partial charge in [0.05, 0.1) is 11.3 Å². The van der Waals surface area contributed by atoms with Crippen LogP contribution in [0.25, 0.3) is 0 Å². The molecule has 0 saturated carbocycles. The van der Waals surface area contributed by atoms with E-state index in [1.165, 1.54) is 25.1 Å². The zero-order valence-corrected chi connectivity index (χ0v) is 16.5. The number of amides is 1. The van der Waals surface area contributed by atoms with E-state index in [0.717, 1.165) is 0 Å². The van der Waals surface area contributed by atoms with E-state index in [9.17, 15) is 17.6 Å². The summed E-state index contributed by atoms with van der Waals surface area (Å²) in [6.45, 7) is 5.54. The average molecular weight is 393 g/mol. The van der Waals surface area contributed by atoms with Gasteiger partial charge in [0.2, 0.25) is 0 Å². The summed E-state index contributed by atoms with van der Waals surface area (Å²) in [6, 6.07) is 12.3. The van der Waals surface area contributed by atoms with Crippen LogP contribution in [0.3, 0.4) is 0 Å². The summed E-state index contributed by atoms with van der Waals surface area (Å²) in [5.41, 5.74) is 0.711. The molecule has 1 amide bonds. The van der Waals surface area contributed by atoms with E-state index >= 15 is 0 Å². The predicted octanol–water partition coefficient (Wildman–Crippen LogP) is 4.00. The topological polar surface area (TPSA) is 63.7 Å². The minimum atomic E-state index is -3.63. The molecule has 2 aromatic carbocycles. The van der Waals surface area contributed by atoms with Crippen molar-refractivity contribution in [3.05, 3.63) is 65.5 Å². The van der Waals surface area contributed by atoms with Crippen molar-refractivity contribution < 1.29 is 21.8 Å². The number of hydrogen-bond donors (Lipinski definition) is 0. The summed E-state index contributed by atoms with van der Waals surface area (Å²) in [6.07, 6.45) is 0.695. The van der Waals surface area contributed by atoms with Gasteiger partial charge in [0.25, 0.3) is 5.91 Å². The van der Waals surface area contributed by atoms with Gasteiger partial charge in [-0.15, -0.1) is 0 Å². The number of nitrogens with zero attached hydrogens (tertiary/aromatic N) is 1. The van der Waals surface area contributed by atoms with Crippen LogP contribution in [0.5, 0.6) is 5.75 Å². The lowest BCUT2D eigenvalue weighted by molar-refractivity contribution is 0.0666. The molecule has 2 rings (SSSR count). The summed E-state index contributed by atoms with van der Waals surface area (Å²) in [5.74, 6) is -0.921. The first kappa shape index (κ1) is 20.9. The molecule has 0 aliphatic heterocycles. The van der Waals surface area contributed by atoms with Crippen LogP contribution in [-0.4, -0.2) is 31.0 Å². The fourth-order valence-electron chi connectivity index (χ4n) is 2.54. The Labute approximate surface area is 159 Å². The van der Waals surface area contributed by atoms with Gasteiger partial charge in [0.15, 0.2) is 0 Å². The highest BCUT2D eigenvalue weighted by molar-refractivity contribution is 7.87. The van der Waals surface area contributed by atoms with Gasteiger partial charge in [0.1, 0.15) is 11.6 Å². The van der Waals surface area contributed by atoms with Crippen molar-refractivity contribution in [2.24, 2.45) is 0 Å². The molecule has 7 heteroatoms. The molecule has 0 spiro atoms. The quantitative estimate of drug-likeness (QED) is 0.636. The maximum Gasteiger partial charge on any atom is 0.308 e. The van der Waals surface area contributed by atoms with Gasteiger partial charge < -0.3 is 9.08 Å². The molecular weight excluding hydrogens is 369 g/mol. The number of hydrogen-bond acceptors (Lipinski definition) is 4. The Kier molecular flexibility index (Phi) is 6.96. The van der Waals surface area contributed by atoms with Crippen LogP contribution in [0.2, 0.25) is 0 Å². The maximum absolute atomic E-state index is 14.1. The Bertz CT molecular complexity index is 898. The van der Waals surface area contributed by atoms with Crippen LogP contribution < -0.4 is 4.18 Å². The molecule has 0 aromatic heterocycles. The second kappa shape index (κ2) is 8.99. The number of carbonyl (C=O) groups excluding carboxylic acids is 1. The van der Waals surface area contributed by atoms with Gasteiger partial charge in [-0.1, -0.05) is 31.2 Å². The first-order valence-electron chi connectivity index (χ1n) is 8.84. The third-order valence-corrected chi connectivity index (χ3v) is 5.47. The first-order chi connectivity index (χ1) is 12.8. The summed E-state index contributed by atoms with van der Waals surface area (Å²) < 4.78 is 42.4. The first-order valence-corrected chi connectivity index (χ1v) is 10.4. The average Bonchev–Trinajstić information content (AvgIpc) is 2.65. The largest absolute Gasteiger partial charge is 0.382 e. The highest BCUT2D eigenvalue weighted by atomic mass is 32.2. The van der Waals surface area contributed by atoms with Crippen LogP contribution in [0, 0.1) is 5.82 Å². The van der Waals surface area contributed by atoms with E-state index in [2.05, 4.69) is 0 Å². The van der Waals surface area contributed by atoms with Crippen molar-refractivity contribution in [3.63, 3.8) is 0 Å². The number of benzene rings is 2. The van der Waals surface area contributed by atoms with Crippen molar-refractivity contribution in [3.8, 4) is 5.75 Å². The summed E-state index contributed by atoms with van der Waals surface area (Å²) in [5, 5.41) is 0. The molecule has 27 heavy (non-hydrogen) atoms. The van der Waals surface area contributed by atoms with E-state index in [4.69, 9.17) is 4.18 Å². The van der Waals surface area contributed by atoms with Crippen LogP contribution in [0.15, 0.2) is 48.5 Å². The molecule has 0 heterocycles. The minimum absolute atomic E-state index is 0.0127. The molecule has 0 saturated heterocycles.